The van der Waals surface area contributed by atoms with Gasteiger partial charge in [0.25, 0.3) is 5.95 Å². The predicted octanol–water partition coefficient (Wildman–Crippen LogP) is 1.42. The molecule has 1 aliphatic heterocycles. The van der Waals surface area contributed by atoms with Crippen molar-refractivity contribution < 1.29 is 14.2 Å². The van der Waals surface area contributed by atoms with Gasteiger partial charge in [-0.3, -0.25) is 0 Å². The molecule has 0 spiro atoms. The molecule has 0 aromatic heterocycles. The van der Waals surface area contributed by atoms with Crippen LogP contribution in [0.5, 0.6) is 0 Å². The Bertz CT molecular complexity index is 172. The summed E-state index contributed by atoms with van der Waals surface area (Å²) in [7, 11) is 1.58. The van der Waals surface area contributed by atoms with Gasteiger partial charge in [0.1, 0.15) is 6.61 Å². The maximum absolute atomic E-state index is 5.34. The third-order valence-electron chi connectivity index (χ3n) is 1.35. The smallest absolute Gasteiger partial charge is 0.275 e. The van der Waals surface area contributed by atoms with Gasteiger partial charge in [-0.2, -0.15) is 0 Å². The molecule has 0 aliphatic carbocycles. The summed E-state index contributed by atoms with van der Waals surface area (Å²) in [5, 5.41) is 0. The van der Waals surface area contributed by atoms with Crippen LogP contribution in [-0.4, -0.2) is 19.8 Å². The van der Waals surface area contributed by atoms with Crippen LogP contribution >= 0.6 is 0 Å². The Morgan fingerprint density at radius 2 is 2.55 bits per heavy atom. The molecule has 0 aromatic rings. The van der Waals surface area contributed by atoms with Crippen molar-refractivity contribution in [2.24, 2.45) is 0 Å². The second-order valence-corrected chi connectivity index (χ2v) is 2.13. The lowest BCUT2D eigenvalue weighted by Gasteiger charge is -2.11. The molecular formula is C8H12O3. The van der Waals surface area contributed by atoms with E-state index in [9.17, 15) is 0 Å². The fourth-order valence-corrected chi connectivity index (χ4v) is 0.806. The summed E-state index contributed by atoms with van der Waals surface area (Å²) in [5.41, 5.74) is 0. The highest BCUT2D eigenvalue weighted by Crippen LogP contribution is 2.09. The van der Waals surface area contributed by atoms with Crippen molar-refractivity contribution in [1.82, 2.24) is 0 Å². The molecule has 11 heavy (non-hydrogen) atoms. The third kappa shape index (κ3) is 2.18. The average molecular weight is 156 g/mol. The van der Waals surface area contributed by atoms with Gasteiger partial charge in [-0.25, -0.2) is 0 Å². The lowest BCUT2D eigenvalue weighted by molar-refractivity contribution is 0.0160. The van der Waals surface area contributed by atoms with Gasteiger partial charge in [-0.15, -0.1) is 0 Å². The minimum Gasteiger partial charge on any atom is -0.497 e. The van der Waals surface area contributed by atoms with Crippen LogP contribution in [0.25, 0.3) is 0 Å². The van der Waals surface area contributed by atoms with Crippen LogP contribution < -0.4 is 0 Å². The predicted molar refractivity (Wildman–Crippen MR) is 40.7 cm³/mol. The topological polar surface area (TPSA) is 27.7 Å². The standard InChI is InChI=1S/C8H12O3/c1-3-8(9-2)11-7-4-5-10-6-7/h3-5,7H,6H2,1-2H3/b8-3+. The van der Waals surface area contributed by atoms with Gasteiger partial charge in [-0.05, 0) is 19.1 Å². The van der Waals surface area contributed by atoms with Crippen molar-refractivity contribution in [2.75, 3.05) is 13.7 Å². The number of allylic oxidation sites excluding steroid dienone is 1. The molecule has 1 aliphatic rings. The first kappa shape index (κ1) is 7.98. The molecule has 0 saturated carbocycles. The summed E-state index contributed by atoms with van der Waals surface area (Å²) in [4.78, 5) is 0. The van der Waals surface area contributed by atoms with E-state index in [1.165, 1.54) is 0 Å². The number of hydrogen-bond donors (Lipinski definition) is 0. The van der Waals surface area contributed by atoms with Gasteiger partial charge in [0, 0.05) is 0 Å². The zero-order valence-corrected chi connectivity index (χ0v) is 6.74. The SMILES string of the molecule is C/C=C(\OC)OC1C=COC1. The van der Waals surface area contributed by atoms with Crippen LogP contribution in [0.4, 0.5) is 0 Å². The van der Waals surface area contributed by atoms with Gasteiger partial charge in [0.2, 0.25) is 0 Å². The second-order valence-electron chi connectivity index (χ2n) is 2.13. The van der Waals surface area contributed by atoms with Gasteiger partial charge >= 0.3 is 0 Å². The van der Waals surface area contributed by atoms with Crippen LogP contribution in [0.3, 0.4) is 0 Å². The molecule has 3 heteroatoms. The molecule has 0 saturated heterocycles. The van der Waals surface area contributed by atoms with Crippen molar-refractivity contribution in [3.8, 4) is 0 Å². The largest absolute Gasteiger partial charge is 0.497 e. The first-order valence-corrected chi connectivity index (χ1v) is 3.52. The Morgan fingerprint density at radius 1 is 1.73 bits per heavy atom. The first-order chi connectivity index (χ1) is 5.36. The van der Waals surface area contributed by atoms with Crippen molar-refractivity contribution in [1.29, 1.82) is 0 Å². The van der Waals surface area contributed by atoms with Crippen LogP contribution in [0.15, 0.2) is 24.4 Å². The molecule has 1 rings (SSSR count). The van der Waals surface area contributed by atoms with Crippen molar-refractivity contribution >= 4 is 0 Å². The Hall–Kier alpha value is -1.12. The molecule has 0 bridgehead atoms. The van der Waals surface area contributed by atoms with Crippen LogP contribution in [0, 0.1) is 0 Å². The molecule has 0 fully saturated rings. The van der Waals surface area contributed by atoms with E-state index in [0.717, 1.165) is 0 Å². The quantitative estimate of drug-likeness (QED) is 0.578. The number of hydrogen-bond acceptors (Lipinski definition) is 3. The van der Waals surface area contributed by atoms with E-state index in [1.807, 2.05) is 13.0 Å². The summed E-state index contributed by atoms with van der Waals surface area (Å²) >= 11 is 0. The van der Waals surface area contributed by atoms with Crippen molar-refractivity contribution in [2.45, 2.75) is 13.0 Å². The number of methoxy groups -OCH3 is 1. The molecule has 3 nitrogen and oxygen atoms in total. The fraction of sp³-hybridized carbons (Fsp3) is 0.500. The molecule has 0 amide bonds. The minimum absolute atomic E-state index is 0.00106. The first-order valence-electron chi connectivity index (χ1n) is 3.52. The summed E-state index contributed by atoms with van der Waals surface area (Å²) in [6, 6.07) is 0. The molecule has 1 heterocycles. The Morgan fingerprint density at radius 3 is 3.00 bits per heavy atom. The van der Waals surface area contributed by atoms with Gasteiger partial charge in [0.15, 0.2) is 6.10 Å². The molecule has 0 N–H and O–H groups in total. The summed E-state index contributed by atoms with van der Waals surface area (Å²) in [5.74, 6) is 0.533. The van der Waals surface area contributed by atoms with Gasteiger partial charge in [0.05, 0.1) is 13.4 Å². The summed E-state index contributed by atoms with van der Waals surface area (Å²) < 4.78 is 15.2. The molecule has 0 radical (unpaired) electrons. The van der Waals surface area contributed by atoms with E-state index in [0.29, 0.717) is 12.6 Å². The Labute approximate surface area is 66.2 Å². The third-order valence-corrected chi connectivity index (χ3v) is 1.35. The molecule has 62 valence electrons. The zero-order valence-electron chi connectivity index (χ0n) is 6.74. The van der Waals surface area contributed by atoms with Gasteiger partial charge < -0.3 is 14.2 Å². The molecule has 1 atom stereocenters. The summed E-state index contributed by atoms with van der Waals surface area (Å²) in [6.45, 7) is 2.43. The van der Waals surface area contributed by atoms with Crippen molar-refractivity contribution in [3.05, 3.63) is 24.4 Å². The lowest BCUT2D eigenvalue weighted by atomic mass is 10.4. The van der Waals surface area contributed by atoms with E-state index in [1.54, 1.807) is 19.4 Å². The van der Waals surface area contributed by atoms with Crippen LogP contribution in [0.2, 0.25) is 0 Å². The maximum atomic E-state index is 5.34. The fourth-order valence-electron chi connectivity index (χ4n) is 0.806. The Kier molecular flexibility index (Phi) is 2.83. The minimum atomic E-state index is 0.00106. The van der Waals surface area contributed by atoms with E-state index in [2.05, 4.69) is 0 Å². The van der Waals surface area contributed by atoms with Crippen molar-refractivity contribution in [3.63, 3.8) is 0 Å². The Balaban J connectivity index is 2.34. The highest BCUT2D eigenvalue weighted by atomic mass is 16.7. The van der Waals surface area contributed by atoms with Crippen LogP contribution in [0.1, 0.15) is 6.92 Å². The highest BCUT2D eigenvalue weighted by molar-refractivity contribution is 4.93. The average Bonchev–Trinajstić information content (AvgIpc) is 2.52. The number of rotatable bonds is 3. The van der Waals surface area contributed by atoms with E-state index in [-0.39, 0.29) is 6.10 Å². The van der Waals surface area contributed by atoms with E-state index < -0.39 is 0 Å². The molecule has 0 aromatic carbocycles. The highest BCUT2D eigenvalue weighted by Gasteiger charge is 2.12. The maximum Gasteiger partial charge on any atom is 0.275 e. The monoisotopic (exact) mass is 156 g/mol. The van der Waals surface area contributed by atoms with Crippen LogP contribution in [-0.2, 0) is 14.2 Å². The summed E-state index contributed by atoms with van der Waals surface area (Å²) in [6.07, 6.45) is 5.25. The van der Waals surface area contributed by atoms with E-state index >= 15 is 0 Å². The van der Waals surface area contributed by atoms with Gasteiger partial charge in [-0.1, -0.05) is 0 Å². The number of ether oxygens (including phenoxy) is 3. The normalized spacial score (nSPS) is 23.1. The van der Waals surface area contributed by atoms with E-state index in [4.69, 9.17) is 14.2 Å². The zero-order chi connectivity index (χ0) is 8.10. The lowest BCUT2D eigenvalue weighted by Crippen LogP contribution is -2.11. The second kappa shape index (κ2) is 3.91. The molecule has 1 unspecified atom stereocenters. The molecular weight excluding hydrogens is 144 g/mol.